The van der Waals surface area contributed by atoms with Gasteiger partial charge in [-0.15, -0.1) is 0 Å². The lowest BCUT2D eigenvalue weighted by Gasteiger charge is -2.18. The highest BCUT2D eigenvalue weighted by Gasteiger charge is 2.13. The monoisotopic (exact) mass is 753 g/mol. The molecule has 0 unspecified atom stereocenters. The van der Waals surface area contributed by atoms with Gasteiger partial charge in [-0.2, -0.15) is 0 Å². The molecule has 7 nitrogen and oxygen atoms in total. The van der Waals surface area contributed by atoms with Crippen molar-refractivity contribution >= 4 is 12.0 Å². The van der Waals surface area contributed by atoms with Crippen LogP contribution in [0.4, 0.5) is 4.79 Å². The number of rotatable bonds is 45. The van der Waals surface area contributed by atoms with Crippen LogP contribution in [-0.2, 0) is 19.0 Å². The van der Waals surface area contributed by atoms with Crippen molar-refractivity contribution in [1.29, 1.82) is 0 Å². The highest BCUT2D eigenvalue weighted by molar-refractivity contribution is 5.73. The first-order valence-corrected chi connectivity index (χ1v) is 23.5. The summed E-state index contributed by atoms with van der Waals surface area (Å²) >= 11 is 0. The maximum atomic E-state index is 12.3. The number of hydrogen-bond acceptors (Lipinski definition) is 5. The number of nitrogens with one attached hydrogen (secondary N) is 1. The molecule has 0 radical (unpaired) electrons. The van der Waals surface area contributed by atoms with E-state index in [0.29, 0.717) is 26.2 Å². The molecule has 53 heavy (non-hydrogen) atoms. The third-order valence-electron chi connectivity index (χ3n) is 10.6. The van der Waals surface area contributed by atoms with Crippen LogP contribution in [0.5, 0.6) is 0 Å². The van der Waals surface area contributed by atoms with Crippen molar-refractivity contribution in [2.75, 3.05) is 33.0 Å². The number of amides is 2. The van der Waals surface area contributed by atoms with Gasteiger partial charge in [0.05, 0.1) is 6.61 Å². The van der Waals surface area contributed by atoms with Crippen LogP contribution >= 0.6 is 0 Å². The summed E-state index contributed by atoms with van der Waals surface area (Å²) in [6.07, 6.45) is 45.5. The summed E-state index contributed by atoms with van der Waals surface area (Å²) in [5, 5.41) is 2.81. The molecule has 0 fully saturated rings. The van der Waals surface area contributed by atoms with Crippen LogP contribution < -0.4 is 11.1 Å². The zero-order chi connectivity index (χ0) is 38.6. The molecule has 0 aromatic heterocycles. The fourth-order valence-electron chi connectivity index (χ4n) is 7.02. The number of ether oxygens (including phenoxy) is 3. The molecule has 1 atom stereocenters. The first-order valence-electron chi connectivity index (χ1n) is 23.5. The van der Waals surface area contributed by atoms with Gasteiger partial charge in [-0.1, -0.05) is 213 Å². The lowest BCUT2D eigenvalue weighted by atomic mass is 10.0. The van der Waals surface area contributed by atoms with Gasteiger partial charge in [0.1, 0.15) is 12.7 Å². The van der Waals surface area contributed by atoms with Crippen LogP contribution in [0.2, 0.25) is 0 Å². The molecule has 316 valence electrons. The molecule has 0 aromatic carbocycles. The fourth-order valence-corrected chi connectivity index (χ4v) is 7.02. The summed E-state index contributed by atoms with van der Waals surface area (Å²) in [6, 6.07) is 0. The van der Waals surface area contributed by atoms with Crippen LogP contribution in [0.25, 0.3) is 0 Å². The van der Waals surface area contributed by atoms with E-state index in [2.05, 4.69) is 19.2 Å². The Hall–Kier alpha value is -1.34. The number of hydrogen-bond donors (Lipinski definition) is 2. The number of carbonyl (C=O) groups is 2. The topological polar surface area (TPSA) is 99.9 Å². The quantitative estimate of drug-likeness (QED) is 0.0603. The molecule has 0 saturated heterocycles. The second-order valence-corrected chi connectivity index (χ2v) is 16.0. The molecular weight excluding hydrogens is 661 g/mol. The molecule has 0 spiro atoms. The summed E-state index contributed by atoms with van der Waals surface area (Å²) in [5.74, 6) is -0.278. The van der Waals surface area contributed by atoms with Crippen LogP contribution in [0, 0.1) is 0 Å². The van der Waals surface area contributed by atoms with E-state index < -0.39 is 6.09 Å². The average Bonchev–Trinajstić information content (AvgIpc) is 3.15. The SMILES string of the molecule is CCCCCCCCCCCCCCCCCCOC[C@H](COC(=O)NCCCCCC(N)=O)OCCCCCCCCCCCCCCCCCC. The lowest BCUT2D eigenvalue weighted by molar-refractivity contribution is -0.118. The number of carbonyl (C=O) groups excluding carboxylic acids is 2. The number of unbranched alkanes of at least 4 members (excludes halogenated alkanes) is 32. The predicted octanol–water partition coefficient (Wildman–Crippen LogP) is 13.7. The summed E-state index contributed by atoms with van der Waals surface area (Å²) in [7, 11) is 0. The molecule has 0 aliphatic carbocycles. The third-order valence-corrected chi connectivity index (χ3v) is 10.6. The summed E-state index contributed by atoms with van der Waals surface area (Å²) in [6.45, 7) is 7.16. The third kappa shape index (κ3) is 44.9. The van der Waals surface area contributed by atoms with Gasteiger partial charge in [-0.25, -0.2) is 4.79 Å². The largest absolute Gasteiger partial charge is 0.447 e. The van der Waals surface area contributed by atoms with Gasteiger partial charge in [0.15, 0.2) is 0 Å². The molecular formula is C46H92N2O5. The zero-order valence-corrected chi connectivity index (χ0v) is 35.7. The molecule has 0 heterocycles. The van der Waals surface area contributed by atoms with E-state index >= 15 is 0 Å². The smallest absolute Gasteiger partial charge is 0.407 e. The highest BCUT2D eigenvalue weighted by atomic mass is 16.6. The van der Waals surface area contributed by atoms with E-state index in [1.807, 2.05) is 0 Å². The molecule has 3 N–H and O–H groups in total. The van der Waals surface area contributed by atoms with Crippen molar-refractivity contribution in [3.63, 3.8) is 0 Å². The van der Waals surface area contributed by atoms with Crippen molar-refractivity contribution < 1.29 is 23.8 Å². The molecule has 0 bridgehead atoms. The van der Waals surface area contributed by atoms with E-state index in [4.69, 9.17) is 19.9 Å². The Balaban J connectivity index is 3.98. The molecule has 0 aliphatic heterocycles. The van der Waals surface area contributed by atoms with E-state index in [9.17, 15) is 9.59 Å². The van der Waals surface area contributed by atoms with Gasteiger partial charge in [0.25, 0.3) is 0 Å². The maximum absolute atomic E-state index is 12.3. The van der Waals surface area contributed by atoms with Gasteiger partial charge in [-0.05, 0) is 25.7 Å². The van der Waals surface area contributed by atoms with Gasteiger partial charge < -0.3 is 25.3 Å². The van der Waals surface area contributed by atoms with Crippen LogP contribution in [0.3, 0.4) is 0 Å². The van der Waals surface area contributed by atoms with Crippen LogP contribution in [0.15, 0.2) is 0 Å². The lowest BCUT2D eigenvalue weighted by Crippen LogP contribution is -2.32. The second-order valence-electron chi connectivity index (χ2n) is 16.0. The van der Waals surface area contributed by atoms with E-state index in [1.54, 1.807) is 0 Å². The van der Waals surface area contributed by atoms with Crippen molar-refractivity contribution in [2.45, 2.75) is 251 Å². The Kier molecular flexibility index (Phi) is 43.9. The summed E-state index contributed by atoms with van der Waals surface area (Å²) in [4.78, 5) is 23.1. The van der Waals surface area contributed by atoms with Crippen molar-refractivity contribution in [1.82, 2.24) is 5.32 Å². The van der Waals surface area contributed by atoms with E-state index in [-0.39, 0.29) is 18.6 Å². The molecule has 0 saturated carbocycles. The van der Waals surface area contributed by atoms with E-state index in [0.717, 1.165) is 38.7 Å². The Morgan fingerprint density at radius 2 is 0.811 bits per heavy atom. The Morgan fingerprint density at radius 1 is 0.453 bits per heavy atom. The van der Waals surface area contributed by atoms with Crippen molar-refractivity contribution in [3.8, 4) is 0 Å². The number of alkyl carbamates (subject to hydrolysis) is 1. The summed E-state index contributed by atoms with van der Waals surface area (Å²) in [5.41, 5.74) is 5.19. The molecule has 7 heteroatoms. The zero-order valence-electron chi connectivity index (χ0n) is 35.7. The maximum Gasteiger partial charge on any atom is 0.407 e. The van der Waals surface area contributed by atoms with Gasteiger partial charge in [-0.3, -0.25) is 4.79 Å². The minimum absolute atomic E-state index is 0.200. The normalized spacial score (nSPS) is 12.0. The Morgan fingerprint density at radius 3 is 1.21 bits per heavy atom. The number of primary amides is 1. The van der Waals surface area contributed by atoms with Gasteiger partial charge in [0, 0.05) is 26.2 Å². The fraction of sp³-hybridized carbons (Fsp3) is 0.957. The van der Waals surface area contributed by atoms with E-state index in [1.165, 1.54) is 193 Å². The first kappa shape index (κ1) is 51.7. The predicted molar refractivity (Wildman–Crippen MR) is 227 cm³/mol. The van der Waals surface area contributed by atoms with Gasteiger partial charge >= 0.3 is 6.09 Å². The number of nitrogens with two attached hydrogens (primary N) is 1. The van der Waals surface area contributed by atoms with Gasteiger partial charge in [0.2, 0.25) is 5.91 Å². The molecule has 0 rings (SSSR count). The molecule has 0 aliphatic rings. The average molecular weight is 753 g/mol. The van der Waals surface area contributed by atoms with Crippen LogP contribution in [0.1, 0.15) is 245 Å². The standard InChI is InChI=1S/C46H92N2O5/c1-3-5-7-9-11-13-15-17-19-21-23-25-27-29-31-36-40-51-42-44(43-53-46(50)48-39-35-33-34-38-45(47)49)52-41-37-32-30-28-26-24-22-20-18-16-14-12-10-8-6-4-2/h44H,3-43H2,1-2H3,(H2,47,49)(H,48,50)/t44-/m1/s1. The highest BCUT2D eigenvalue weighted by Crippen LogP contribution is 2.15. The van der Waals surface area contributed by atoms with Crippen molar-refractivity contribution in [3.05, 3.63) is 0 Å². The van der Waals surface area contributed by atoms with Crippen molar-refractivity contribution in [2.24, 2.45) is 5.73 Å². The molecule has 2 amide bonds. The second kappa shape index (κ2) is 45.1. The minimum atomic E-state index is -0.422. The summed E-state index contributed by atoms with van der Waals surface area (Å²) < 4.78 is 17.6. The van der Waals surface area contributed by atoms with Crippen LogP contribution in [-0.4, -0.2) is 51.1 Å². The Labute approximate surface area is 330 Å². The minimum Gasteiger partial charge on any atom is -0.447 e. The first-order chi connectivity index (χ1) is 26.1. The molecule has 0 aromatic rings. The Bertz CT molecular complexity index is 737.